The van der Waals surface area contributed by atoms with E-state index >= 15 is 0 Å². The van der Waals surface area contributed by atoms with Gasteiger partial charge in [0.05, 0.1) is 10.7 Å². The van der Waals surface area contributed by atoms with Crippen LogP contribution >= 0.6 is 22.9 Å². The summed E-state index contributed by atoms with van der Waals surface area (Å²) < 4.78 is 1.03. The molecule has 4 nitrogen and oxygen atoms in total. The van der Waals surface area contributed by atoms with E-state index in [-0.39, 0.29) is 11.9 Å². The fraction of sp³-hybridized carbons (Fsp3) is 0.222. The quantitative estimate of drug-likeness (QED) is 0.675. The number of halogens is 1. The van der Waals surface area contributed by atoms with Gasteiger partial charge in [-0.05, 0) is 41.6 Å². The van der Waals surface area contributed by atoms with E-state index in [0.29, 0.717) is 11.6 Å². The van der Waals surface area contributed by atoms with Gasteiger partial charge in [0.25, 0.3) is 0 Å². The van der Waals surface area contributed by atoms with Crippen molar-refractivity contribution in [2.75, 3.05) is 5.32 Å². The molecule has 1 atom stereocenters. The van der Waals surface area contributed by atoms with E-state index in [1.54, 1.807) is 17.5 Å². The van der Waals surface area contributed by atoms with Crippen LogP contribution in [0.25, 0.3) is 10.1 Å². The molecule has 1 amide bonds. The molecule has 24 heavy (non-hydrogen) atoms. The number of pyridine rings is 1. The molecule has 1 aliphatic heterocycles. The van der Waals surface area contributed by atoms with E-state index in [0.717, 1.165) is 34.3 Å². The van der Waals surface area contributed by atoms with Gasteiger partial charge < -0.3 is 10.6 Å². The standard InChI is InChI=1S/C18H16ClN3OS/c19-18-17-12(6-7-20-18)9-14(24-17)10-21-13-3-1-2-11(8-13)15-4-5-16(23)22-15/h1-3,6-9,15,21H,4-5,10H2,(H,22,23). The Morgan fingerprint density at radius 2 is 2.25 bits per heavy atom. The highest BCUT2D eigenvalue weighted by Gasteiger charge is 2.22. The van der Waals surface area contributed by atoms with E-state index in [2.05, 4.69) is 33.8 Å². The Bertz CT molecular complexity index is 908. The number of anilines is 1. The van der Waals surface area contributed by atoms with Crippen molar-refractivity contribution in [2.45, 2.75) is 25.4 Å². The minimum absolute atomic E-state index is 0.133. The second-order valence-corrected chi connectivity index (χ2v) is 7.37. The largest absolute Gasteiger partial charge is 0.380 e. The van der Waals surface area contributed by atoms with E-state index in [1.165, 1.54) is 4.88 Å². The smallest absolute Gasteiger partial charge is 0.220 e. The summed E-state index contributed by atoms with van der Waals surface area (Å²) in [5.41, 5.74) is 2.20. The van der Waals surface area contributed by atoms with Crippen molar-refractivity contribution in [3.05, 3.63) is 58.2 Å². The lowest BCUT2D eigenvalue weighted by molar-refractivity contribution is -0.119. The number of amides is 1. The van der Waals surface area contributed by atoms with Gasteiger partial charge >= 0.3 is 0 Å². The minimum Gasteiger partial charge on any atom is -0.380 e. The highest BCUT2D eigenvalue weighted by molar-refractivity contribution is 7.19. The van der Waals surface area contributed by atoms with Crippen LogP contribution in [0, 0.1) is 0 Å². The van der Waals surface area contributed by atoms with Crippen molar-refractivity contribution in [2.24, 2.45) is 0 Å². The van der Waals surface area contributed by atoms with Crippen LogP contribution in [0.1, 0.15) is 29.3 Å². The molecular weight excluding hydrogens is 342 g/mol. The van der Waals surface area contributed by atoms with Crippen LogP contribution in [0.5, 0.6) is 0 Å². The van der Waals surface area contributed by atoms with Crippen molar-refractivity contribution >= 4 is 44.6 Å². The summed E-state index contributed by atoms with van der Waals surface area (Å²) in [6, 6.07) is 12.5. The number of fused-ring (bicyclic) bond motifs is 1. The Morgan fingerprint density at radius 3 is 3.04 bits per heavy atom. The first-order valence-electron chi connectivity index (χ1n) is 7.85. The average molecular weight is 358 g/mol. The van der Waals surface area contributed by atoms with Crippen molar-refractivity contribution < 1.29 is 4.79 Å². The Hall–Kier alpha value is -2.11. The number of aromatic nitrogens is 1. The van der Waals surface area contributed by atoms with Crippen LogP contribution < -0.4 is 10.6 Å². The lowest BCUT2D eigenvalue weighted by Crippen LogP contribution is -2.18. The summed E-state index contributed by atoms with van der Waals surface area (Å²) in [6.07, 6.45) is 3.21. The Kier molecular flexibility index (Phi) is 4.12. The monoisotopic (exact) mass is 357 g/mol. The predicted octanol–water partition coefficient (Wildman–Crippen LogP) is 4.51. The maximum Gasteiger partial charge on any atom is 0.220 e. The van der Waals surface area contributed by atoms with Gasteiger partial charge in [0.15, 0.2) is 0 Å². The molecule has 122 valence electrons. The number of rotatable bonds is 4. The summed E-state index contributed by atoms with van der Waals surface area (Å²) in [7, 11) is 0. The van der Waals surface area contributed by atoms with E-state index in [9.17, 15) is 4.79 Å². The summed E-state index contributed by atoms with van der Waals surface area (Å²) >= 11 is 7.80. The molecule has 0 spiro atoms. The van der Waals surface area contributed by atoms with Gasteiger partial charge in [-0.15, -0.1) is 11.3 Å². The molecule has 4 rings (SSSR count). The second kappa shape index (κ2) is 6.42. The molecule has 1 aliphatic rings. The maximum absolute atomic E-state index is 11.4. The molecule has 0 aliphatic carbocycles. The maximum atomic E-state index is 11.4. The van der Waals surface area contributed by atoms with Crippen molar-refractivity contribution in [1.82, 2.24) is 10.3 Å². The zero-order valence-electron chi connectivity index (χ0n) is 12.9. The van der Waals surface area contributed by atoms with Crippen LogP contribution in [-0.4, -0.2) is 10.9 Å². The molecule has 1 saturated heterocycles. The van der Waals surface area contributed by atoms with Crippen molar-refractivity contribution in [3.8, 4) is 0 Å². The van der Waals surface area contributed by atoms with Crippen LogP contribution in [0.2, 0.25) is 5.15 Å². The number of nitrogens with one attached hydrogen (secondary N) is 2. The van der Waals surface area contributed by atoms with E-state index in [4.69, 9.17) is 11.6 Å². The van der Waals surface area contributed by atoms with Gasteiger partial charge in [-0.2, -0.15) is 0 Å². The van der Waals surface area contributed by atoms with Crippen LogP contribution in [0.3, 0.4) is 0 Å². The van der Waals surface area contributed by atoms with Gasteiger partial charge in [-0.3, -0.25) is 4.79 Å². The summed E-state index contributed by atoms with van der Waals surface area (Å²) in [6.45, 7) is 0.732. The highest BCUT2D eigenvalue weighted by atomic mass is 35.5. The molecule has 1 fully saturated rings. The number of carbonyl (C=O) groups is 1. The molecule has 6 heteroatoms. The van der Waals surface area contributed by atoms with E-state index in [1.807, 2.05) is 18.2 Å². The molecular formula is C18H16ClN3OS. The third kappa shape index (κ3) is 3.09. The third-order valence-electron chi connectivity index (χ3n) is 4.19. The first kappa shape index (κ1) is 15.4. The number of thiophene rings is 1. The molecule has 0 bridgehead atoms. The third-order valence-corrected chi connectivity index (χ3v) is 5.75. The molecule has 2 aromatic heterocycles. The summed E-state index contributed by atoms with van der Waals surface area (Å²) in [4.78, 5) is 16.7. The number of carbonyl (C=O) groups excluding carboxylic acids is 1. The van der Waals surface area contributed by atoms with Gasteiger partial charge in [-0.25, -0.2) is 4.98 Å². The molecule has 1 aromatic carbocycles. The first-order valence-corrected chi connectivity index (χ1v) is 9.04. The van der Waals surface area contributed by atoms with Crippen molar-refractivity contribution in [3.63, 3.8) is 0 Å². The lowest BCUT2D eigenvalue weighted by Gasteiger charge is -2.12. The highest BCUT2D eigenvalue weighted by Crippen LogP contribution is 2.31. The molecule has 0 saturated carbocycles. The molecule has 0 radical (unpaired) electrons. The summed E-state index contributed by atoms with van der Waals surface area (Å²) in [5.74, 6) is 0.133. The summed E-state index contributed by atoms with van der Waals surface area (Å²) in [5, 5.41) is 8.14. The van der Waals surface area contributed by atoms with Crippen LogP contribution in [-0.2, 0) is 11.3 Å². The second-order valence-electron chi connectivity index (χ2n) is 5.87. The van der Waals surface area contributed by atoms with Gasteiger partial charge in [0, 0.05) is 29.7 Å². The Balaban J connectivity index is 1.49. The van der Waals surface area contributed by atoms with E-state index < -0.39 is 0 Å². The average Bonchev–Trinajstić information content (AvgIpc) is 3.20. The molecule has 2 N–H and O–H groups in total. The molecule has 1 unspecified atom stereocenters. The predicted molar refractivity (Wildman–Crippen MR) is 98.5 cm³/mol. The number of hydrogen-bond donors (Lipinski definition) is 2. The fourth-order valence-corrected chi connectivity index (χ4v) is 4.25. The molecule has 3 aromatic rings. The van der Waals surface area contributed by atoms with Gasteiger partial charge in [0.2, 0.25) is 5.91 Å². The zero-order valence-corrected chi connectivity index (χ0v) is 14.5. The minimum atomic E-state index is 0.133. The number of nitrogens with zero attached hydrogens (tertiary/aromatic N) is 1. The van der Waals surface area contributed by atoms with Gasteiger partial charge in [-0.1, -0.05) is 23.7 Å². The van der Waals surface area contributed by atoms with Crippen LogP contribution in [0.4, 0.5) is 5.69 Å². The van der Waals surface area contributed by atoms with Crippen molar-refractivity contribution in [1.29, 1.82) is 0 Å². The fourth-order valence-electron chi connectivity index (χ4n) is 2.99. The van der Waals surface area contributed by atoms with Gasteiger partial charge in [0.1, 0.15) is 5.15 Å². The topological polar surface area (TPSA) is 54.0 Å². The Labute approximate surface area is 148 Å². The number of benzene rings is 1. The van der Waals surface area contributed by atoms with Crippen LogP contribution in [0.15, 0.2) is 42.6 Å². The SMILES string of the molecule is O=C1CCC(c2cccc(NCc3cc4ccnc(Cl)c4s3)c2)N1. The lowest BCUT2D eigenvalue weighted by atomic mass is 10.0. The number of hydrogen-bond acceptors (Lipinski definition) is 4. The zero-order chi connectivity index (χ0) is 16.5. The first-order chi connectivity index (χ1) is 11.7. The Morgan fingerprint density at radius 1 is 1.33 bits per heavy atom. The normalized spacial score (nSPS) is 17.2. The molecule has 3 heterocycles.